The Bertz CT molecular complexity index is 158. The number of nitrogens with zero attached hydrogens (tertiary/aromatic N) is 1. The highest BCUT2D eigenvalue weighted by molar-refractivity contribution is 4.82. The van der Waals surface area contributed by atoms with Gasteiger partial charge in [-0.25, -0.2) is 0 Å². The number of likely N-dealkylation sites (tertiary alicyclic amines) is 1. The molecule has 1 aliphatic rings. The van der Waals surface area contributed by atoms with Crippen LogP contribution in [0, 0.1) is 17.8 Å². The van der Waals surface area contributed by atoms with Crippen molar-refractivity contribution in [1.82, 2.24) is 4.90 Å². The molecule has 1 aliphatic heterocycles. The number of rotatable bonds is 3. The Morgan fingerprint density at radius 3 is 2.07 bits per heavy atom. The highest BCUT2D eigenvalue weighted by Crippen LogP contribution is 2.24. The fourth-order valence-corrected chi connectivity index (χ4v) is 2.82. The Morgan fingerprint density at radius 1 is 1.21 bits per heavy atom. The molecule has 3 atom stereocenters. The van der Waals surface area contributed by atoms with Crippen LogP contribution in [-0.2, 0) is 0 Å². The Morgan fingerprint density at radius 2 is 1.71 bits per heavy atom. The van der Waals surface area contributed by atoms with E-state index in [2.05, 4.69) is 32.6 Å². The van der Waals surface area contributed by atoms with Crippen LogP contribution in [0.1, 0.15) is 34.1 Å². The molecular weight excluding hydrogens is 172 g/mol. The normalized spacial score (nSPS) is 32.1. The molecule has 0 saturated carbocycles. The number of hydrogen-bond acceptors (Lipinski definition) is 2. The van der Waals surface area contributed by atoms with Crippen molar-refractivity contribution in [3.8, 4) is 0 Å². The largest absolute Gasteiger partial charge is 0.329 e. The van der Waals surface area contributed by atoms with Gasteiger partial charge in [-0.05, 0) is 24.2 Å². The molecule has 0 aliphatic carbocycles. The minimum Gasteiger partial charge on any atom is -0.329 e. The van der Waals surface area contributed by atoms with Crippen molar-refractivity contribution in [2.45, 2.75) is 40.2 Å². The minimum absolute atomic E-state index is 0.584. The van der Waals surface area contributed by atoms with Gasteiger partial charge in [0.1, 0.15) is 0 Å². The lowest BCUT2D eigenvalue weighted by Gasteiger charge is -2.41. The van der Waals surface area contributed by atoms with E-state index in [1.54, 1.807) is 0 Å². The summed E-state index contributed by atoms with van der Waals surface area (Å²) in [5.74, 6) is 2.36. The lowest BCUT2D eigenvalue weighted by molar-refractivity contribution is 0.0767. The summed E-state index contributed by atoms with van der Waals surface area (Å²) in [6.45, 7) is 12.6. The second-order valence-electron chi connectivity index (χ2n) is 5.45. The fraction of sp³-hybridized carbons (Fsp3) is 1.00. The molecule has 2 nitrogen and oxygen atoms in total. The van der Waals surface area contributed by atoms with Gasteiger partial charge in [0.05, 0.1) is 0 Å². The van der Waals surface area contributed by atoms with Crippen LogP contribution in [0.2, 0.25) is 0 Å². The lowest BCUT2D eigenvalue weighted by atomic mass is 9.89. The van der Waals surface area contributed by atoms with E-state index >= 15 is 0 Å². The molecule has 84 valence electrons. The van der Waals surface area contributed by atoms with Gasteiger partial charge in [0.25, 0.3) is 0 Å². The molecule has 1 heterocycles. The maximum atomic E-state index is 5.85. The molecule has 3 unspecified atom stereocenters. The minimum atomic E-state index is 0.584. The number of piperidine rings is 1. The van der Waals surface area contributed by atoms with Crippen LogP contribution in [0.25, 0.3) is 0 Å². The second kappa shape index (κ2) is 5.13. The number of nitrogens with two attached hydrogens (primary N) is 1. The van der Waals surface area contributed by atoms with Gasteiger partial charge in [0.15, 0.2) is 0 Å². The summed E-state index contributed by atoms with van der Waals surface area (Å²) in [6, 6.07) is 0.584. The van der Waals surface area contributed by atoms with Crippen molar-refractivity contribution in [3.05, 3.63) is 0 Å². The molecular formula is C12H26N2. The van der Waals surface area contributed by atoms with E-state index in [4.69, 9.17) is 5.73 Å². The summed E-state index contributed by atoms with van der Waals surface area (Å²) in [5.41, 5.74) is 5.85. The van der Waals surface area contributed by atoms with Gasteiger partial charge in [0, 0.05) is 25.7 Å². The zero-order chi connectivity index (χ0) is 10.7. The van der Waals surface area contributed by atoms with Crippen LogP contribution < -0.4 is 5.73 Å². The Kier molecular flexibility index (Phi) is 4.39. The van der Waals surface area contributed by atoms with Gasteiger partial charge in [-0.2, -0.15) is 0 Å². The van der Waals surface area contributed by atoms with Crippen LogP contribution in [0.5, 0.6) is 0 Å². The first kappa shape index (κ1) is 12.0. The number of hydrogen-bond donors (Lipinski definition) is 1. The molecule has 0 aromatic carbocycles. The van der Waals surface area contributed by atoms with E-state index in [1.807, 2.05) is 0 Å². The molecule has 2 N–H and O–H groups in total. The average Bonchev–Trinajstić information content (AvgIpc) is 2.02. The lowest BCUT2D eigenvalue weighted by Crippen LogP contribution is -2.50. The molecule has 0 bridgehead atoms. The van der Waals surface area contributed by atoms with Crippen molar-refractivity contribution in [1.29, 1.82) is 0 Å². The van der Waals surface area contributed by atoms with Gasteiger partial charge in [-0.3, -0.25) is 4.90 Å². The first-order valence-electron chi connectivity index (χ1n) is 5.98. The second-order valence-corrected chi connectivity index (χ2v) is 5.45. The highest BCUT2D eigenvalue weighted by atomic mass is 15.2. The maximum Gasteiger partial charge on any atom is 0.0241 e. The zero-order valence-electron chi connectivity index (χ0n) is 10.2. The predicted octanol–water partition coefficient (Wildman–Crippen LogP) is 1.95. The Labute approximate surface area is 88.8 Å². The van der Waals surface area contributed by atoms with Gasteiger partial charge in [-0.15, -0.1) is 0 Å². The van der Waals surface area contributed by atoms with Gasteiger partial charge < -0.3 is 5.73 Å². The van der Waals surface area contributed by atoms with E-state index < -0.39 is 0 Å². The third-order valence-corrected chi connectivity index (χ3v) is 3.38. The van der Waals surface area contributed by atoms with Crippen LogP contribution in [0.3, 0.4) is 0 Å². The van der Waals surface area contributed by atoms with Crippen molar-refractivity contribution >= 4 is 0 Å². The Hall–Kier alpha value is -0.0800. The van der Waals surface area contributed by atoms with E-state index in [0.717, 1.165) is 18.4 Å². The first-order chi connectivity index (χ1) is 6.54. The van der Waals surface area contributed by atoms with Crippen molar-refractivity contribution in [2.75, 3.05) is 19.6 Å². The van der Waals surface area contributed by atoms with Crippen molar-refractivity contribution < 1.29 is 0 Å². The van der Waals surface area contributed by atoms with Crippen LogP contribution in [0.4, 0.5) is 0 Å². The summed E-state index contributed by atoms with van der Waals surface area (Å²) >= 11 is 0. The van der Waals surface area contributed by atoms with Crippen molar-refractivity contribution in [3.63, 3.8) is 0 Å². The van der Waals surface area contributed by atoms with E-state index in [-0.39, 0.29) is 0 Å². The third-order valence-electron chi connectivity index (χ3n) is 3.38. The summed E-state index contributed by atoms with van der Waals surface area (Å²) in [6.07, 6.45) is 1.38. The van der Waals surface area contributed by atoms with Gasteiger partial charge >= 0.3 is 0 Å². The maximum absolute atomic E-state index is 5.85. The molecule has 0 amide bonds. The smallest absolute Gasteiger partial charge is 0.0241 e. The fourth-order valence-electron chi connectivity index (χ4n) is 2.82. The van der Waals surface area contributed by atoms with Gasteiger partial charge in [-0.1, -0.05) is 27.7 Å². The molecule has 0 radical (unpaired) electrons. The summed E-state index contributed by atoms with van der Waals surface area (Å²) in [4.78, 5) is 2.60. The highest BCUT2D eigenvalue weighted by Gasteiger charge is 2.27. The van der Waals surface area contributed by atoms with Crippen LogP contribution in [-0.4, -0.2) is 30.6 Å². The molecule has 1 saturated heterocycles. The molecule has 1 rings (SSSR count). The Balaban J connectivity index is 2.56. The summed E-state index contributed by atoms with van der Waals surface area (Å²) in [5, 5.41) is 0. The third kappa shape index (κ3) is 2.96. The predicted molar refractivity (Wildman–Crippen MR) is 62.2 cm³/mol. The standard InChI is InChI=1S/C12H26N2/c1-9(2)12(6-13)14-7-10(3)5-11(4)8-14/h9-12H,5-8,13H2,1-4H3. The molecule has 1 fully saturated rings. The quantitative estimate of drug-likeness (QED) is 0.751. The zero-order valence-corrected chi connectivity index (χ0v) is 10.2. The van der Waals surface area contributed by atoms with E-state index in [9.17, 15) is 0 Å². The topological polar surface area (TPSA) is 29.3 Å². The first-order valence-corrected chi connectivity index (χ1v) is 5.98. The molecule has 2 heteroatoms. The van der Waals surface area contributed by atoms with Gasteiger partial charge in [0.2, 0.25) is 0 Å². The molecule has 0 aromatic heterocycles. The summed E-state index contributed by atoms with van der Waals surface area (Å²) in [7, 11) is 0. The monoisotopic (exact) mass is 198 g/mol. The molecule has 0 spiro atoms. The molecule has 14 heavy (non-hydrogen) atoms. The summed E-state index contributed by atoms with van der Waals surface area (Å²) < 4.78 is 0. The van der Waals surface area contributed by atoms with E-state index in [0.29, 0.717) is 12.0 Å². The molecule has 0 aromatic rings. The van der Waals surface area contributed by atoms with Crippen LogP contribution in [0.15, 0.2) is 0 Å². The average molecular weight is 198 g/mol. The van der Waals surface area contributed by atoms with E-state index in [1.165, 1.54) is 19.5 Å². The van der Waals surface area contributed by atoms with Crippen LogP contribution >= 0.6 is 0 Å². The van der Waals surface area contributed by atoms with Crippen molar-refractivity contribution in [2.24, 2.45) is 23.5 Å². The SMILES string of the molecule is CC1CC(C)CN(C(CN)C(C)C)C1.